The Hall–Kier alpha value is -3.74. The van der Waals surface area contributed by atoms with Gasteiger partial charge in [-0.2, -0.15) is 4.98 Å². The minimum absolute atomic E-state index is 0.0358. The highest BCUT2D eigenvalue weighted by molar-refractivity contribution is 5.76. The first kappa shape index (κ1) is 22.1. The number of hydrogen-bond donors (Lipinski definition) is 1. The minimum Gasteiger partial charge on any atom is -0.421 e. The second kappa shape index (κ2) is 9.63. The number of hydrogen-bond acceptors (Lipinski definition) is 6. The van der Waals surface area contributed by atoms with Crippen LogP contribution in [0.15, 0.2) is 71.3 Å². The monoisotopic (exact) mass is 457 g/mol. The number of halogens is 1. The summed E-state index contributed by atoms with van der Waals surface area (Å²) in [7, 11) is 0. The molecule has 6 nitrogen and oxygen atoms in total. The Balaban J connectivity index is 1.49. The average Bonchev–Trinajstić information content (AvgIpc) is 3.31. The van der Waals surface area contributed by atoms with Crippen molar-refractivity contribution >= 4 is 12.0 Å². The number of piperidine rings is 1. The standard InChI is InChI=1S/C27H28FN5O/c1-18-13-16-33(17-14-18)27-32-24(21-8-10-22(28)11-9-21)25(34-27)23-12-15-29-26(31-23)30-19(2)20-6-4-3-5-7-20/h3-12,15,18-19H,13-14,16-17H2,1-2H3,(H,29,30,31)/t19-/m0/s1. The molecule has 0 amide bonds. The second-order valence-electron chi connectivity index (χ2n) is 8.89. The van der Waals surface area contributed by atoms with Crippen LogP contribution in [-0.4, -0.2) is 28.0 Å². The first-order chi connectivity index (χ1) is 16.6. The third-order valence-corrected chi connectivity index (χ3v) is 6.32. The van der Waals surface area contributed by atoms with Gasteiger partial charge in [0.05, 0.1) is 6.04 Å². The van der Waals surface area contributed by atoms with Crippen LogP contribution in [0.5, 0.6) is 0 Å². The number of anilines is 2. The summed E-state index contributed by atoms with van der Waals surface area (Å²) in [5.41, 5.74) is 3.20. The van der Waals surface area contributed by atoms with Gasteiger partial charge in [0.25, 0.3) is 6.01 Å². The van der Waals surface area contributed by atoms with Crippen LogP contribution < -0.4 is 10.2 Å². The van der Waals surface area contributed by atoms with Crippen LogP contribution in [0, 0.1) is 11.7 Å². The molecule has 0 saturated carbocycles. The van der Waals surface area contributed by atoms with E-state index < -0.39 is 0 Å². The van der Waals surface area contributed by atoms with Crippen molar-refractivity contribution < 1.29 is 8.81 Å². The van der Waals surface area contributed by atoms with Gasteiger partial charge in [0, 0.05) is 24.8 Å². The van der Waals surface area contributed by atoms with Gasteiger partial charge in [-0.1, -0.05) is 37.3 Å². The Labute approximate surface area is 198 Å². The lowest BCUT2D eigenvalue weighted by Gasteiger charge is -2.28. The van der Waals surface area contributed by atoms with Crippen molar-refractivity contribution in [2.75, 3.05) is 23.3 Å². The van der Waals surface area contributed by atoms with Gasteiger partial charge < -0.3 is 14.6 Å². The molecule has 34 heavy (non-hydrogen) atoms. The molecule has 1 atom stereocenters. The maximum Gasteiger partial charge on any atom is 0.298 e. The topological polar surface area (TPSA) is 67.1 Å². The number of benzene rings is 2. The Bertz CT molecular complexity index is 1230. The van der Waals surface area contributed by atoms with Crippen molar-refractivity contribution in [3.8, 4) is 22.7 Å². The molecule has 3 heterocycles. The normalized spacial score (nSPS) is 15.3. The Morgan fingerprint density at radius 2 is 1.74 bits per heavy atom. The van der Waals surface area contributed by atoms with E-state index in [1.807, 2.05) is 24.3 Å². The summed E-state index contributed by atoms with van der Waals surface area (Å²) in [4.78, 5) is 16.1. The van der Waals surface area contributed by atoms with Crippen LogP contribution in [0.2, 0.25) is 0 Å². The molecule has 1 aliphatic heterocycles. The first-order valence-corrected chi connectivity index (χ1v) is 11.7. The SMILES string of the molecule is CC1CCN(c2nc(-c3ccc(F)cc3)c(-c3ccnc(N[C@@H](C)c4ccccc4)n3)o2)CC1. The quantitative estimate of drug-likeness (QED) is 0.364. The molecule has 5 rings (SSSR count). The van der Waals surface area contributed by atoms with E-state index in [1.165, 1.54) is 12.1 Å². The van der Waals surface area contributed by atoms with E-state index in [-0.39, 0.29) is 11.9 Å². The first-order valence-electron chi connectivity index (χ1n) is 11.7. The largest absolute Gasteiger partial charge is 0.421 e. The zero-order valence-electron chi connectivity index (χ0n) is 19.4. The van der Waals surface area contributed by atoms with Crippen molar-refractivity contribution in [1.82, 2.24) is 15.0 Å². The zero-order chi connectivity index (χ0) is 23.5. The lowest BCUT2D eigenvalue weighted by atomic mass is 10.00. The molecule has 0 bridgehead atoms. The highest BCUT2D eigenvalue weighted by Gasteiger charge is 2.25. The van der Waals surface area contributed by atoms with E-state index in [0.717, 1.165) is 37.1 Å². The fourth-order valence-corrected chi connectivity index (χ4v) is 4.19. The molecule has 4 aromatic rings. The predicted molar refractivity (Wildman–Crippen MR) is 132 cm³/mol. The molecule has 1 aliphatic rings. The maximum atomic E-state index is 13.6. The highest BCUT2D eigenvalue weighted by Crippen LogP contribution is 2.36. The van der Waals surface area contributed by atoms with Gasteiger partial charge in [-0.3, -0.25) is 0 Å². The molecule has 174 valence electrons. The van der Waals surface area contributed by atoms with Gasteiger partial charge in [0.1, 0.15) is 17.2 Å². The van der Waals surface area contributed by atoms with Gasteiger partial charge in [0.2, 0.25) is 5.95 Å². The summed E-state index contributed by atoms with van der Waals surface area (Å²) >= 11 is 0. The van der Waals surface area contributed by atoms with Gasteiger partial charge >= 0.3 is 0 Å². The number of oxazole rings is 1. The number of nitrogens with one attached hydrogen (secondary N) is 1. The Morgan fingerprint density at radius 1 is 1.00 bits per heavy atom. The summed E-state index contributed by atoms with van der Waals surface area (Å²) < 4.78 is 19.9. The van der Waals surface area contributed by atoms with Crippen LogP contribution >= 0.6 is 0 Å². The maximum absolute atomic E-state index is 13.6. The Kier molecular flexibility index (Phi) is 6.25. The summed E-state index contributed by atoms with van der Waals surface area (Å²) in [5, 5.41) is 3.37. The van der Waals surface area contributed by atoms with E-state index in [2.05, 4.69) is 41.2 Å². The van der Waals surface area contributed by atoms with Crippen LogP contribution in [0.3, 0.4) is 0 Å². The van der Waals surface area contributed by atoms with E-state index >= 15 is 0 Å². The fraction of sp³-hybridized carbons (Fsp3) is 0.296. The summed E-state index contributed by atoms with van der Waals surface area (Å²) in [6.07, 6.45) is 3.91. The van der Waals surface area contributed by atoms with E-state index in [1.54, 1.807) is 18.3 Å². The highest BCUT2D eigenvalue weighted by atomic mass is 19.1. The number of aromatic nitrogens is 3. The third kappa shape index (κ3) is 4.78. The molecule has 0 radical (unpaired) electrons. The van der Waals surface area contributed by atoms with Crippen LogP contribution in [-0.2, 0) is 0 Å². The van der Waals surface area contributed by atoms with E-state index in [9.17, 15) is 4.39 Å². The number of nitrogens with zero attached hydrogens (tertiary/aromatic N) is 4. The summed E-state index contributed by atoms with van der Waals surface area (Å²) in [6.45, 7) is 6.14. The molecule has 0 unspecified atom stereocenters. The molecule has 2 aromatic heterocycles. The van der Waals surface area contributed by atoms with Crippen LogP contribution in [0.4, 0.5) is 16.4 Å². The van der Waals surface area contributed by atoms with Crippen molar-refractivity contribution in [3.63, 3.8) is 0 Å². The van der Waals surface area contributed by atoms with Gasteiger partial charge in [-0.25, -0.2) is 14.4 Å². The van der Waals surface area contributed by atoms with Crippen LogP contribution in [0.25, 0.3) is 22.7 Å². The van der Waals surface area contributed by atoms with Gasteiger partial charge in [-0.15, -0.1) is 0 Å². The molecule has 2 aromatic carbocycles. The molecular weight excluding hydrogens is 429 g/mol. The van der Waals surface area contributed by atoms with E-state index in [0.29, 0.717) is 35.0 Å². The minimum atomic E-state index is -0.289. The third-order valence-electron chi connectivity index (χ3n) is 6.32. The Morgan fingerprint density at radius 3 is 2.47 bits per heavy atom. The van der Waals surface area contributed by atoms with Crippen LogP contribution in [0.1, 0.15) is 38.3 Å². The lowest BCUT2D eigenvalue weighted by molar-refractivity contribution is 0.414. The molecule has 1 N–H and O–H groups in total. The predicted octanol–water partition coefficient (Wildman–Crippen LogP) is 6.35. The molecule has 0 aliphatic carbocycles. The lowest BCUT2D eigenvalue weighted by Crippen LogP contribution is -2.32. The molecular formula is C27H28FN5O. The molecule has 0 spiro atoms. The molecule has 7 heteroatoms. The van der Waals surface area contributed by atoms with Gasteiger partial charge in [0.15, 0.2) is 5.76 Å². The molecule has 1 saturated heterocycles. The van der Waals surface area contributed by atoms with Crippen molar-refractivity contribution in [2.45, 2.75) is 32.7 Å². The summed E-state index contributed by atoms with van der Waals surface area (Å²) in [6, 6.07) is 18.9. The average molecular weight is 458 g/mol. The molecule has 1 fully saturated rings. The second-order valence-corrected chi connectivity index (χ2v) is 8.89. The number of rotatable bonds is 6. The zero-order valence-corrected chi connectivity index (χ0v) is 19.4. The van der Waals surface area contributed by atoms with Gasteiger partial charge in [-0.05, 0) is 61.6 Å². The summed E-state index contributed by atoms with van der Waals surface area (Å²) in [5.74, 6) is 1.47. The fourth-order valence-electron chi connectivity index (χ4n) is 4.19. The van der Waals surface area contributed by atoms with E-state index in [4.69, 9.17) is 14.4 Å². The van der Waals surface area contributed by atoms with Crippen molar-refractivity contribution in [3.05, 3.63) is 78.2 Å². The smallest absolute Gasteiger partial charge is 0.298 e. The van der Waals surface area contributed by atoms with Crippen molar-refractivity contribution in [1.29, 1.82) is 0 Å². The van der Waals surface area contributed by atoms with Crippen molar-refractivity contribution in [2.24, 2.45) is 5.92 Å².